The SMILES string of the molecule is CCN(CC(=O)NC1CCS(=O)(=O)C1)C(=O)C[C@@H]1CCC[C@H]1N. The largest absolute Gasteiger partial charge is 0.351 e. The molecule has 0 aromatic rings. The summed E-state index contributed by atoms with van der Waals surface area (Å²) in [5.74, 6) is -0.0226. The first-order valence-electron chi connectivity index (χ1n) is 8.34. The quantitative estimate of drug-likeness (QED) is 0.684. The number of hydrogen-bond acceptors (Lipinski definition) is 5. The van der Waals surface area contributed by atoms with Crippen LogP contribution in [0.3, 0.4) is 0 Å². The Morgan fingerprint density at radius 1 is 1.26 bits per heavy atom. The number of carbonyl (C=O) groups excluding carboxylic acids is 2. The average Bonchev–Trinajstić information content (AvgIpc) is 3.02. The molecular formula is C15H27N3O4S. The number of nitrogens with one attached hydrogen (secondary N) is 1. The zero-order chi connectivity index (χ0) is 17.0. The highest BCUT2D eigenvalue weighted by Crippen LogP contribution is 2.27. The molecule has 3 N–H and O–H groups in total. The summed E-state index contributed by atoms with van der Waals surface area (Å²) in [6.45, 7) is 2.27. The lowest BCUT2D eigenvalue weighted by atomic mass is 9.99. The lowest BCUT2D eigenvalue weighted by Gasteiger charge is -2.24. The summed E-state index contributed by atoms with van der Waals surface area (Å²) < 4.78 is 22.8. The van der Waals surface area contributed by atoms with Crippen LogP contribution < -0.4 is 11.1 Å². The third-order valence-corrected chi connectivity index (χ3v) is 6.59. The van der Waals surface area contributed by atoms with Crippen LogP contribution in [-0.2, 0) is 19.4 Å². The molecule has 0 aromatic carbocycles. The molecule has 2 rings (SSSR count). The first kappa shape index (κ1) is 18.2. The predicted molar refractivity (Wildman–Crippen MR) is 87.4 cm³/mol. The van der Waals surface area contributed by atoms with E-state index in [0.29, 0.717) is 19.4 Å². The van der Waals surface area contributed by atoms with E-state index in [2.05, 4.69) is 5.32 Å². The van der Waals surface area contributed by atoms with Crippen molar-refractivity contribution in [3.05, 3.63) is 0 Å². The zero-order valence-electron chi connectivity index (χ0n) is 13.7. The Kier molecular flexibility index (Phi) is 6.02. The number of hydrogen-bond donors (Lipinski definition) is 2. The van der Waals surface area contributed by atoms with Crippen molar-refractivity contribution in [2.45, 2.75) is 51.1 Å². The maximum atomic E-state index is 12.3. The van der Waals surface area contributed by atoms with E-state index in [1.54, 1.807) is 0 Å². The second-order valence-electron chi connectivity index (χ2n) is 6.63. The van der Waals surface area contributed by atoms with Crippen molar-refractivity contribution in [3.8, 4) is 0 Å². The van der Waals surface area contributed by atoms with Crippen LogP contribution in [0.1, 0.15) is 39.0 Å². The van der Waals surface area contributed by atoms with Gasteiger partial charge in [0.2, 0.25) is 11.8 Å². The van der Waals surface area contributed by atoms with E-state index in [1.807, 2.05) is 6.92 Å². The van der Waals surface area contributed by atoms with Gasteiger partial charge in [-0.2, -0.15) is 0 Å². The van der Waals surface area contributed by atoms with Gasteiger partial charge >= 0.3 is 0 Å². The molecule has 1 saturated carbocycles. The van der Waals surface area contributed by atoms with Gasteiger partial charge in [-0.3, -0.25) is 9.59 Å². The van der Waals surface area contributed by atoms with Crippen LogP contribution in [-0.4, -0.2) is 61.8 Å². The van der Waals surface area contributed by atoms with Gasteiger partial charge in [-0.25, -0.2) is 8.42 Å². The minimum atomic E-state index is -3.02. The molecule has 1 aliphatic heterocycles. The van der Waals surface area contributed by atoms with Gasteiger partial charge < -0.3 is 16.0 Å². The number of carbonyl (C=O) groups is 2. The molecule has 132 valence electrons. The van der Waals surface area contributed by atoms with Crippen LogP contribution in [0.4, 0.5) is 0 Å². The minimum Gasteiger partial charge on any atom is -0.351 e. The van der Waals surface area contributed by atoms with Crippen molar-refractivity contribution in [1.82, 2.24) is 10.2 Å². The van der Waals surface area contributed by atoms with Gasteiger partial charge in [-0.15, -0.1) is 0 Å². The summed E-state index contributed by atoms with van der Waals surface area (Å²) in [6, 6.07) is -0.250. The third-order valence-electron chi connectivity index (χ3n) is 4.82. The smallest absolute Gasteiger partial charge is 0.239 e. The lowest BCUT2D eigenvalue weighted by Crippen LogP contribution is -2.45. The van der Waals surface area contributed by atoms with Gasteiger partial charge in [0.05, 0.1) is 18.1 Å². The first-order valence-corrected chi connectivity index (χ1v) is 10.2. The van der Waals surface area contributed by atoms with Crippen LogP contribution in [0, 0.1) is 5.92 Å². The monoisotopic (exact) mass is 345 g/mol. The highest BCUT2D eigenvalue weighted by Gasteiger charge is 2.31. The van der Waals surface area contributed by atoms with E-state index < -0.39 is 9.84 Å². The Hall–Kier alpha value is -1.15. The van der Waals surface area contributed by atoms with Crippen molar-refractivity contribution < 1.29 is 18.0 Å². The van der Waals surface area contributed by atoms with Gasteiger partial charge in [-0.1, -0.05) is 6.42 Å². The van der Waals surface area contributed by atoms with E-state index >= 15 is 0 Å². The number of likely N-dealkylation sites (N-methyl/N-ethyl adjacent to an activating group) is 1. The minimum absolute atomic E-state index is 0.00423. The standard InChI is InChI=1S/C15H27N3O4S/c1-2-18(15(20)8-11-4-3-5-13(11)16)9-14(19)17-12-6-7-23(21,22)10-12/h11-13H,2-10,16H2,1H3,(H,17,19)/t11-,12?,13+/m0/s1. The molecular weight excluding hydrogens is 318 g/mol. The van der Waals surface area contributed by atoms with Crippen molar-refractivity contribution in [2.24, 2.45) is 11.7 Å². The van der Waals surface area contributed by atoms with Crippen LogP contribution in [0.25, 0.3) is 0 Å². The average molecular weight is 345 g/mol. The van der Waals surface area contributed by atoms with Gasteiger partial charge in [0.15, 0.2) is 9.84 Å². The van der Waals surface area contributed by atoms with Crippen LogP contribution in [0.5, 0.6) is 0 Å². The molecule has 1 aliphatic carbocycles. The summed E-state index contributed by atoms with van der Waals surface area (Å²) in [7, 11) is -3.02. The van der Waals surface area contributed by atoms with Crippen LogP contribution >= 0.6 is 0 Å². The Morgan fingerprint density at radius 2 is 2.00 bits per heavy atom. The molecule has 0 bridgehead atoms. The fourth-order valence-electron chi connectivity index (χ4n) is 3.40. The predicted octanol–water partition coefficient (Wildman–Crippen LogP) is -0.344. The van der Waals surface area contributed by atoms with Crippen molar-refractivity contribution in [3.63, 3.8) is 0 Å². The molecule has 7 nitrogen and oxygen atoms in total. The number of nitrogens with two attached hydrogens (primary N) is 1. The number of nitrogens with zero attached hydrogens (tertiary/aromatic N) is 1. The Balaban J connectivity index is 1.81. The molecule has 23 heavy (non-hydrogen) atoms. The molecule has 1 saturated heterocycles. The third kappa shape index (κ3) is 5.17. The number of rotatable bonds is 6. The summed E-state index contributed by atoms with van der Waals surface area (Å²) in [5, 5.41) is 2.72. The second-order valence-corrected chi connectivity index (χ2v) is 8.86. The molecule has 2 aliphatic rings. The van der Waals surface area contributed by atoms with Gasteiger partial charge in [0.25, 0.3) is 0 Å². The fourth-order valence-corrected chi connectivity index (χ4v) is 5.08. The van der Waals surface area contributed by atoms with E-state index in [9.17, 15) is 18.0 Å². The molecule has 8 heteroatoms. The molecule has 0 aromatic heterocycles. The molecule has 2 fully saturated rings. The van der Waals surface area contributed by atoms with Gasteiger partial charge in [0.1, 0.15) is 0 Å². The Labute approximate surface area is 137 Å². The van der Waals surface area contributed by atoms with Crippen LogP contribution in [0.2, 0.25) is 0 Å². The van der Waals surface area contributed by atoms with E-state index in [1.165, 1.54) is 4.90 Å². The summed E-state index contributed by atoms with van der Waals surface area (Å²) in [4.78, 5) is 25.9. The number of sulfone groups is 1. The van der Waals surface area contributed by atoms with Crippen LogP contribution in [0.15, 0.2) is 0 Å². The van der Waals surface area contributed by atoms with E-state index in [0.717, 1.165) is 19.3 Å². The van der Waals surface area contributed by atoms with Crippen molar-refractivity contribution >= 4 is 21.7 Å². The Bertz CT molecular complexity index is 549. The molecule has 0 radical (unpaired) electrons. The topological polar surface area (TPSA) is 110 Å². The lowest BCUT2D eigenvalue weighted by molar-refractivity contribution is -0.136. The first-order chi connectivity index (χ1) is 10.8. The Morgan fingerprint density at radius 3 is 2.52 bits per heavy atom. The summed E-state index contributed by atoms with van der Waals surface area (Å²) >= 11 is 0. The number of amides is 2. The summed E-state index contributed by atoms with van der Waals surface area (Å²) in [6.07, 6.45) is 3.82. The molecule has 1 heterocycles. The van der Waals surface area contributed by atoms with Gasteiger partial charge in [0, 0.05) is 25.0 Å². The summed E-state index contributed by atoms with van der Waals surface area (Å²) in [5.41, 5.74) is 6.00. The highest BCUT2D eigenvalue weighted by atomic mass is 32.2. The maximum Gasteiger partial charge on any atom is 0.239 e. The maximum absolute atomic E-state index is 12.3. The normalized spacial score (nSPS) is 29.4. The fraction of sp³-hybridized carbons (Fsp3) is 0.867. The highest BCUT2D eigenvalue weighted by molar-refractivity contribution is 7.91. The second kappa shape index (κ2) is 7.61. The molecule has 2 amide bonds. The molecule has 3 atom stereocenters. The van der Waals surface area contributed by atoms with Crippen molar-refractivity contribution in [2.75, 3.05) is 24.6 Å². The van der Waals surface area contributed by atoms with Gasteiger partial charge in [-0.05, 0) is 32.1 Å². The van der Waals surface area contributed by atoms with Crippen molar-refractivity contribution in [1.29, 1.82) is 0 Å². The molecule has 0 spiro atoms. The van der Waals surface area contributed by atoms with E-state index in [4.69, 9.17) is 5.73 Å². The zero-order valence-corrected chi connectivity index (χ0v) is 14.5. The van der Waals surface area contributed by atoms with E-state index in [-0.39, 0.29) is 47.9 Å². The molecule has 1 unspecified atom stereocenters.